The van der Waals surface area contributed by atoms with Crippen molar-refractivity contribution in [1.82, 2.24) is 9.88 Å². The van der Waals surface area contributed by atoms with Crippen molar-refractivity contribution >= 4 is 5.82 Å². The second-order valence-electron chi connectivity index (χ2n) is 4.68. The van der Waals surface area contributed by atoms with Gasteiger partial charge >= 0.3 is 0 Å². The summed E-state index contributed by atoms with van der Waals surface area (Å²) >= 11 is 0. The van der Waals surface area contributed by atoms with E-state index in [0.29, 0.717) is 6.04 Å². The fourth-order valence-corrected chi connectivity index (χ4v) is 2.42. The first-order chi connectivity index (χ1) is 7.75. The highest BCUT2D eigenvalue weighted by molar-refractivity contribution is 5.56. The molecule has 2 aliphatic heterocycles. The van der Waals surface area contributed by atoms with E-state index >= 15 is 0 Å². The molecule has 3 heterocycles. The van der Waals surface area contributed by atoms with Crippen LogP contribution in [0.25, 0.3) is 0 Å². The summed E-state index contributed by atoms with van der Waals surface area (Å²) in [6.07, 6.45) is 1.99. The molecule has 0 N–H and O–H groups in total. The molecule has 86 valence electrons. The van der Waals surface area contributed by atoms with Crippen LogP contribution in [0, 0.1) is 0 Å². The third kappa shape index (κ3) is 1.45. The van der Waals surface area contributed by atoms with Crippen LogP contribution < -0.4 is 9.64 Å². The van der Waals surface area contributed by atoms with Crippen molar-refractivity contribution in [3.05, 3.63) is 18.3 Å². The van der Waals surface area contributed by atoms with Crippen molar-refractivity contribution in [2.75, 3.05) is 24.5 Å². The van der Waals surface area contributed by atoms with E-state index in [-0.39, 0.29) is 6.23 Å². The molecule has 1 aromatic rings. The number of hydrogen-bond donors (Lipinski definition) is 0. The van der Waals surface area contributed by atoms with E-state index in [0.717, 1.165) is 31.2 Å². The van der Waals surface area contributed by atoms with Gasteiger partial charge < -0.3 is 9.64 Å². The number of nitrogens with zero attached hydrogens (tertiary/aromatic N) is 3. The van der Waals surface area contributed by atoms with Gasteiger partial charge in [0.1, 0.15) is 0 Å². The van der Waals surface area contributed by atoms with E-state index in [2.05, 4.69) is 28.6 Å². The summed E-state index contributed by atoms with van der Waals surface area (Å²) in [7, 11) is 0. The SMILES string of the molecule is CC(C)N1CCN2c3ncccc3O[C@@H]2C1. The summed E-state index contributed by atoms with van der Waals surface area (Å²) < 4.78 is 5.91. The molecule has 0 amide bonds. The molecule has 0 unspecified atom stereocenters. The molecule has 4 nitrogen and oxygen atoms in total. The number of fused-ring (bicyclic) bond motifs is 3. The second kappa shape index (κ2) is 3.63. The van der Waals surface area contributed by atoms with Crippen molar-refractivity contribution in [3.8, 4) is 5.75 Å². The highest BCUT2D eigenvalue weighted by Gasteiger charge is 2.36. The zero-order valence-corrected chi connectivity index (χ0v) is 9.76. The lowest BCUT2D eigenvalue weighted by Crippen LogP contribution is -2.55. The van der Waals surface area contributed by atoms with E-state index in [4.69, 9.17) is 4.74 Å². The molecule has 3 rings (SSSR count). The smallest absolute Gasteiger partial charge is 0.186 e. The van der Waals surface area contributed by atoms with Crippen molar-refractivity contribution < 1.29 is 4.74 Å². The second-order valence-corrected chi connectivity index (χ2v) is 4.68. The number of aromatic nitrogens is 1. The Morgan fingerprint density at radius 3 is 3.12 bits per heavy atom. The number of hydrogen-bond acceptors (Lipinski definition) is 4. The minimum Gasteiger partial charge on any atom is -0.465 e. The molecule has 0 saturated carbocycles. The molecule has 0 spiro atoms. The standard InChI is InChI=1S/C12H17N3O/c1-9(2)14-6-7-15-11(8-14)16-10-4-3-5-13-12(10)15/h3-5,9,11H,6-8H2,1-2H3/t11-/m1/s1. The van der Waals surface area contributed by atoms with E-state index in [1.54, 1.807) is 0 Å². The van der Waals surface area contributed by atoms with Crippen molar-refractivity contribution in [1.29, 1.82) is 0 Å². The van der Waals surface area contributed by atoms with E-state index in [9.17, 15) is 0 Å². The molecule has 4 heteroatoms. The molecule has 0 aliphatic carbocycles. The molecule has 16 heavy (non-hydrogen) atoms. The Kier molecular flexibility index (Phi) is 2.24. The Morgan fingerprint density at radius 1 is 1.44 bits per heavy atom. The molecule has 2 aliphatic rings. The van der Waals surface area contributed by atoms with Crippen molar-refractivity contribution in [2.24, 2.45) is 0 Å². The lowest BCUT2D eigenvalue weighted by molar-refractivity contribution is 0.0972. The number of pyridine rings is 1. The Hall–Kier alpha value is -1.29. The largest absolute Gasteiger partial charge is 0.465 e. The number of anilines is 1. The summed E-state index contributed by atoms with van der Waals surface area (Å²) in [5.74, 6) is 1.94. The minimum absolute atomic E-state index is 0.154. The lowest BCUT2D eigenvalue weighted by Gasteiger charge is -2.38. The summed E-state index contributed by atoms with van der Waals surface area (Å²) in [5.41, 5.74) is 0. The van der Waals surface area contributed by atoms with Crippen LogP contribution in [0.15, 0.2) is 18.3 Å². The summed E-state index contributed by atoms with van der Waals surface area (Å²) in [4.78, 5) is 9.12. The van der Waals surface area contributed by atoms with E-state index < -0.39 is 0 Å². The van der Waals surface area contributed by atoms with Crippen molar-refractivity contribution in [2.45, 2.75) is 26.1 Å². The van der Waals surface area contributed by atoms with Gasteiger partial charge in [-0.2, -0.15) is 0 Å². The predicted octanol–water partition coefficient (Wildman–Crippen LogP) is 1.33. The summed E-state index contributed by atoms with van der Waals surface area (Å²) in [6.45, 7) is 7.53. The van der Waals surface area contributed by atoms with E-state index in [1.165, 1.54) is 0 Å². The van der Waals surface area contributed by atoms with Gasteiger partial charge in [0.2, 0.25) is 0 Å². The first-order valence-electron chi connectivity index (χ1n) is 5.88. The average Bonchev–Trinajstić information content (AvgIpc) is 2.66. The van der Waals surface area contributed by atoms with Crippen LogP contribution in [0.2, 0.25) is 0 Å². The Bertz CT molecular complexity index is 394. The number of rotatable bonds is 1. The molecule has 1 aromatic heterocycles. The van der Waals surface area contributed by atoms with Crippen LogP contribution in [-0.4, -0.2) is 41.8 Å². The Morgan fingerprint density at radius 2 is 2.31 bits per heavy atom. The molecular formula is C12H17N3O. The normalized spacial score (nSPS) is 24.2. The van der Waals surface area contributed by atoms with Gasteiger partial charge in [-0.1, -0.05) is 0 Å². The lowest BCUT2D eigenvalue weighted by atomic mass is 10.2. The van der Waals surface area contributed by atoms with E-state index in [1.807, 2.05) is 18.3 Å². The van der Waals surface area contributed by atoms with Crippen LogP contribution in [0.5, 0.6) is 5.75 Å². The Labute approximate surface area is 95.8 Å². The summed E-state index contributed by atoms with van der Waals surface area (Å²) in [6, 6.07) is 4.51. The molecule has 0 bridgehead atoms. The van der Waals surface area contributed by atoms with Gasteiger partial charge in [-0.15, -0.1) is 0 Å². The van der Waals surface area contributed by atoms with Gasteiger partial charge in [0, 0.05) is 25.3 Å². The third-order valence-electron chi connectivity index (χ3n) is 3.38. The highest BCUT2D eigenvalue weighted by atomic mass is 16.5. The fourth-order valence-electron chi connectivity index (χ4n) is 2.42. The quantitative estimate of drug-likeness (QED) is 0.712. The highest BCUT2D eigenvalue weighted by Crippen LogP contribution is 2.36. The topological polar surface area (TPSA) is 28.6 Å². The zero-order chi connectivity index (χ0) is 11.1. The van der Waals surface area contributed by atoms with Gasteiger partial charge in [0.25, 0.3) is 0 Å². The maximum atomic E-state index is 5.91. The van der Waals surface area contributed by atoms with Gasteiger partial charge in [0.05, 0.1) is 6.54 Å². The van der Waals surface area contributed by atoms with Crippen LogP contribution >= 0.6 is 0 Å². The maximum absolute atomic E-state index is 5.91. The minimum atomic E-state index is 0.154. The molecule has 1 fully saturated rings. The Balaban J connectivity index is 1.82. The van der Waals surface area contributed by atoms with Gasteiger partial charge in [-0.05, 0) is 26.0 Å². The van der Waals surface area contributed by atoms with Gasteiger partial charge in [-0.3, -0.25) is 4.90 Å². The van der Waals surface area contributed by atoms with Gasteiger partial charge in [-0.25, -0.2) is 4.98 Å². The monoisotopic (exact) mass is 219 g/mol. The fraction of sp³-hybridized carbons (Fsp3) is 0.583. The molecule has 0 aromatic carbocycles. The van der Waals surface area contributed by atoms with Crippen LogP contribution in [-0.2, 0) is 0 Å². The predicted molar refractivity (Wildman–Crippen MR) is 62.7 cm³/mol. The van der Waals surface area contributed by atoms with Crippen molar-refractivity contribution in [3.63, 3.8) is 0 Å². The van der Waals surface area contributed by atoms with Crippen LogP contribution in [0.3, 0.4) is 0 Å². The molecule has 1 saturated heterocycles. The molecule has 0 radical (unpaired) electrons. The number of piperazine rings is 1. The first-order valence-corrected chi connectivity index (χ1v) is 5.88. The number of ether oxygens (including phenoxy) is 1. The average molecular weight is 219 g/mol. The first kappa shape index (κ1) is 9.90. The zero-order valence-electron chi connectivity index (χ0n) is 9.76. The molecular weight excluding hydrogens is 202 g/mol. The van der Waals surface area contributed by atoms with Crippen LogP contribution in [0.4, 0.5) is 5.82 Å². The molecule has 1 atom stereocenters. The van der Waals surface area contributed by atoms with Gasteiger partial charge in [0.15, 0.2) is 17.8 Å². The van der Waals surface area contributed by atoms with Crippen LogP contribution in [0.1, 0.15) is 13.8 Å². The third-order valence-corrected chi connectivity index (χ3v) is 3.38. The summed E-state index contributed by atoms with van der Waals surface area (Å²) in [5, 5.41) is 0. The maximum Gasteiger partial charge on any atom is 0.186 e.